The Balaban J connectivity index is 2.10. The molecule has 2 aromatic carbocycles. The van der Waals surface area contributed by atoms with Crippen molar-refractivity contribution in [1.82, 2.24) is 4.90 Å². The maximum atomic E-state index is 12.6. The minimum absolute atomic E-state index is 0.113. The quantitative estimate of drug-likeness (QED) is 0.743. The van der Waals surface area contributed by atoms with Gasteiger partial charge in [0, 0.05) is 12.1 Å². The number of hydrogen-bond acceptors (Lipinski definition) is 2. The topological polar surface area (TPSA) is 20.3 Å². The first-order valence-corrected chi connectivity index (χ1v) is 7.50. The van der Waals surface area contributed by atoms with E-state index in [2.05, 4.69) is 24.0 Å². The summed E-state index contributed by atoms with van der Waals surface area (Å²) in [5.41, 5.74) is 3.21. The highest BCUT2D eigenvalue weighted by Gasteiger charge is 2.21. The second kappa shape index (κ2) is 7.19. The molecule has 0 amide bonds. The van der Waals surface area contributed by atoms with Crippen LogP contribution >= 0.6 is 0 Å². The van der Waals surface area contributed by atoms with E-state index in [0.717, 1.165) is 18.7 Å². The fourth-order valence-corrected chi connectivity index (χ4v) is 2.47. The molecule has 0 spiro atoms. The summed E-state index contributed by atoms with van der Waals surface area (Å²) < 4.78 is 0. The number of rotatable bonds is 6. The molecule has 0 bridgehead atoms. The van der Waals surface area contributed by atoms with E-state index in [1.54, 1.807) is 0 Å². The van der Waals surface area contributed by atoms with E-state index in [-0.39, 0.29) is 11.8 Å². The van der Waals surface area contributed by atoms with E-state index in [1.165, 1.54) is 11.1 Å². The third kappa shape index (κ3) is 4.02. The van der Waals surface area contributed by atoms with Gasteiger partial charge in [-0.05, 0) is 26.0 Å². The van der Waals surface area contributed by atoms with E-state index in [1.807, 2.05) is 56.3 Å². The average molecular weight is 281 g/mol. The van der Waals surface area contributed by atoms with Crippen LogP contribution in [0.2, 0.25) is 0 Å². The summed E-state index contributed by atoms with van der Waals surface area (Å²) in [5, 5.41) is 0. The van der Waals surface area contributed by atoms with Crippen molar-refractivity contribution in [2.45, 2.75) is 33.4 Å². The number of aryl methyl sites for hydroxylation is 1. The smallest absolute Gasteiger partial charge is 0.179 e. The average Bonchev–Trinajstić information content (AvgIpc) is 2.53. The normalized spacial score (nSPS) is 12.4. The first-order chi connectivity index (χ1) is 10.1. The van der Waals surface area contributed by atoms with Crippen LogP contribution in [-0.2, 0) is 6.54 Å². The Morgan fingerprint density at radius 3 is 2.24 bits per heavy atom. The minimum Gasteiger partial charge on any atom is -0.292 e. The van der Waals surface area contributed by atoms with Gasteiger partial charge in [-0.2, -0.15) is 0 Å². The molecule has 0 saturated heterocycles. The lowest BCUT2D eigenvalue weighted by molar-refractivity contribution is 0.0835. The van der Waals surface area contributed by atoms with Crippen LogP contribution in [0.1, 0.15) is 35.3 Å². The van der Waals surface area contributed by atoms with Gasteiger partial charge >= 0.3 is 0 Å². The SMILES string of the molecule is CCN(Cc1ccccc1)C(C)C(=O)c1ccc(C)cc1. The van der Waals surface area contributed by atoms with Crippen LogP contribution in [0.3, 0.4) is 0 Å². The lowest BCUT2D eigenvalue weighted by Gasteiger charge is -2.27. The van der Waals surface area contributed by atoms with Crippen LogP contribution in [0.5, 0.6) is 0 Å². The predicted octanol–water partition coefficient (Wildman–Crippen LogP) is 4.09. The summed E-state index contributed by atoms with van der Waals surface area (Å²) in [5.74, 6) is 0.188. The standard InChI is InChI=1S/C19H23NO/c1-4-20(14-17-8-6-5-7-9-17)16(3)19(21)18-12-10-15(2)11-13-18/h5-13,16H,4,14H2,1-3H3. The van der Waals surface area contributed by atoms with Gasteiger partial charge in [0.2, 0.25) is 0 Å². The molecule has 2 aromatic rings. The van der Waals surface area contributed by atoms with Crippen LogP contribution in [0, 0.1) is 6.92 Å². The number of hydrogen-bond donors (Lipinski definition) is 0. The summed E-state index contributed by atoms with van der Waals surface area (Å²) in [7, 11) is 0. The molecule has 0 fully saturated rings. The zero-order valence-electron chi connectivity index (χ0n) is 13.0. The Morgan fingerprint density at radius 2 is 1.67 bits per heavy atom. The fraction of sp³-hybridized carbons (Fsp3) is 0.316. The van der Waals surface area contributed by atoms with Crippen LogP contribution < -0.4 is 0 Å². The molecule has 0 N–H and O–H groups in total. The Morgan fingerprint density at radius 1 is 1.05 bits per heavy atom. The maximum Gasteiger partial charge on any atom is 0.179 e. The van der Waals surface area contributed by atoms with Gasteiger partial charge in [0.25, 0.3) is 0 Å². The third-order valence-electron chi connectivity index (χ3n) is 3.90. The largest absolute Gasteiger partial charge is 0.292 e. The van der Waals surface area contributed by atoms with Gasteiger partial charge in [-0.25, -0.2) is 0 Å². The Labute approximate surface area is 127 Å². The highest BCUT2D eigenvalue weighted by atomic mass is 16.1. The molecule has 1 atom stereocenters. The zero-order valence-corrected chi connectivity index (χ0v) is 13.0. The van der Waals surface area contributed by atoms with Gasteiger partial charge in [-0.3, -0.25) is 9.69 Å². The molecule has 1 unspecified atom stereocenters. The van der Waals surface area contributed by atoms with Crippen LogP contribution in [-0.4, -0.2) is 23.3 Å². The monoisotopic (exact) mass is 281 g/mol. The molecule has 110 valence electrons. The highest BCUT2D eigenvalue weighted by molar-refractivity contribution is 5.99. The molecular weight excluding hydrogens is 258 g/mol. The number of Topliss-reactive ketones (excluding diaryl/α,β-unsaturated/α-hetero) is 1. The zero-order chi connectivity index (χ0) is 15.2. The first-order valence-electron chi connectivity index (χ1n) is 7.50. The summed E-state index contributed by atoms with van der Waals surface area (Å²) in [4.78, 5) is 14.8. The van der Waals surface area contributed by atoms with Crippen molar-refractivity contribution in [3.8, 4) is 0 Å². The molecule has 2 rings (SSSR count). The van der Waals surface area contributed by atoms with Gasteiger partial charge in [0.1, 0.15) is 0 Å². The molecular formula is C19H23NO. The molecule has 0 saturated carbocycles. The molecule has 0 aliphatic carbocycles. The van der Waals surface area contributed by atoms with E-state index < -0.39 is 0 Å². The highest BCUT2D eigenvalue weighted by Crippen LogP contribution is 2.13. The van der Waals surface area contributed by atoms with Gasteiger partial charge in [-0.1, -0.05) is 67.1 Å². The summed E-state index contributed by atoms with van der Waals surface area (Å²) in [6, 6.07) is 18.0. The molecule has 2 nitrogen and oxygen atoms in total. The molecule has 2 heteroatoms. The maximum absolute atomic E-state index is 12.6. The summed E-state index contributed by atoms with van der Waals surface area (Å²) in [6.45, 7) is 7.78. The van der Waals surface area contributed by atoms with Gasteiger partial charge in [-0.15, -0.1) is 0 Å². The van der Waals surface area contributed by atoms with Gasteiger partial charge in [0.15, 0.2) is 5.78 Å². The number of likely N-dealkylation sites (N-methyl/N-ethyl adjacent to an activating group) is 1. The fourth-order valence-electron chi connectivity index (χ4n) is 2.47. The van der Waals surface area contributed by atoms with E-state index in [9.17, 15) is 4.79 Å². The molecule has 0 aromatic heterocycles. The summed E-state index contributed by atoms with van der Waals surface area (Å²) >= 11 is 0. The lowest BCUT2D eigenvalue weighted by Crippen LogP contribution is -2.38. The predicted molar refractivity (Wildman–Crippen MR) is 87.5 cm³/mol. The number of nitrogens with zero attached hydrogens (tertiary/aromatic N) is 1. The Bertz CT molecular complexity index is 574. The number of ketones is 1. The van der Waals surface area contributed by atoms with Gasteiger partial charge in [0.05, 0.1) is 6.04 Å². The number of benzene rings is 2. The van der Waals surface area contributed by atoms with E-state index in [0.29, 0.717) is 0 Å². The minimum atomic E-state index is -0.113. The Kier molecular flexibility index (Phi) is 5.29. The van der Waals surface area contributed by atoms with E-state index >= 15 is 0 Å². The molecule has 0 aliphatic heterocycles. The number of carbonyl (C=O) groups is 1. The van der Waals surface area contributed by atoms with Crippen molar-refractivity contribution in [2.75, 3.05) is 6.54 Å². The van der Waals surface area contributed by atoms with Crippen molar-refractivity contribution in [1.29, 1.82) is 0 Å². The molecule has 0 radical (unpaired) electrons. The Hall–Kier alpha value is -1.93. The van der Waals surface area contributed by atoms with Crippen LogP contribution in [0.25, 0.3) is 0 Å². The molecule has 0 aliphatic rings. The second-order valence-electron chi connectivity index (χ2n) is 5.45. The summed E-state index contributed by atoms with van der Waals surface area (Å²) in [6.07, 6.45) is 0. The first kappa shape index (κ1) is 15.5. The third-order valence-corrected chi connectivity index (χ3v) is 3.90. The van der Waals surface area contributed by atoms with E-state index in [4.69, 9.17) is 0 Å². The van der Waals surface area contributed by atoms with Crippen LogP contribution in [0.15, 0.2) is 54.6 Å². The second-order valence-corrected chi connectivity index (χ2v) is 5.45. The molecule has 0 heterocycles. The molecule has 21 heavy (non-hydrogen) atoms. The number of carbonyl (C=O) groups excluding carboxylic acids is 1. The van der Waals surface area contributed by atoms with Crippen molar-refractivity contribution >= 4 is 5.78 Å². The van der Waals surface area contributed by atoms with Crippen molar-refractivity contribution in [3.05, 3.63) is 71.3 Å². The van der Waals surface area contributed by atoms with Crippen molar-refractivity contribution < 1.29 is 4.79 Å². The lowest BCUT2D eigenvalue weighted by atomic mass is 10.0. The van der Waals surface area contributed by atoms with Gasteiger partial charge < -0.3 is 0 Å². The van der Waals surface area contributed by atoms with Crippen LogP contribution in [0.4, 0.5) is 0 Å². The van der Waals surface area contributed by atoms with Crippen molar-refractivity contribution in [2.24, 2.45) is 0 Å². The van der Waals surface area contributed by atoms with Crippen molar-refractivity contribution in [3.63, 3.8) is 0 Å².